The van der Waals surface area contributed by atoms with E-state index in [0.29, 0.717) is 23.2 Å². The number of imidazole rings is 1. The third-order valence-electron chi connectivity index (χ3n) is 3.37. The molecule has 20 heavy (non-hydrogen) atoms. The van der Waals surface area contributed by atoms with E-state index >= 15 is 0 Å². The molecular formula is C15H12FN3O. The Kier molecular flexibility index (Phi) is 2.75. The van der Waals surface area contributed by atoms with Crippen LogP contribution in [0.25, 0.3) is 16.8 Å². The number of nitrogens with two attached hydrogens (primary N) is 1. The fraction of sp³-hybridized carbons (Fsp3) is 0.0667. The molecule has 0 spiro atoms. The van der Waals surface area contributed by atoms with E-state index in [1.54, 1.807) is 29.7 Å². The quantitative estimate of drug-likeness (QED) is 0.728. The average molecular weight is 269 g/mol. The first-order valence-electron chi connectivity index (χ1n) is 6.10. The lowest BCUT2D eigenvalue weighted by Gasteiger charge is -2.07. The van der Waals surface area contributed by atoms with Crippen LogP contribution in [0.1, 0.15) is 16.1 Å². The molecule has 0 saturated heterocycles. The molecule has 3 aromatic rings. The van der Waals surface area contributed by atoms with Gasteiger partial charge in [-0.1, -0.05) is 12.1 Å². The summed E-state index contributed by atoms with van der Waals surface area (Å²) in [7, 11) is 0. The molecule has 2 heterocycles. The van der Waals surface area contributed by atoms with E-state index in [9.17, 15) is 9.18 Å². The predicted molar refractivity (Wildman–Crippen MR) is 75.1 cm³/mol. The van der Waals surface area contributed by atoms with Crippen molar-refractivity contribution < 1.29 is 9.18 Å². The highest BCUT2D eigenvalue weighted by Crippen LogP contribution is 2.26. The minimum atomic E-state index is -0.261. The number of nitrogen functional groups attached to an aromatic ring is 1. The maximum absolute atomic E-state index is 13.6. The first-order valence-corrected chi connectivity index (χ1v) is 6.10. The van der Waals surface area contributed by atoms with Crippen LogP contribution in [0.15, 0.2) is 36.5 Å². The van der Waals surface area contributed by atoms with E-state index in [1.165, 1.54) is 6.07 Å². The third-order valence-corrected chi connectivity index (χ3v) is 3.37. The van der Waals surface area contributed by atoms with E-state index in [0.717, 1.165) is 11.1 Å². The van der Waals surface area contributed by atoms with Gasteiger partial charge >= 0.3 is 0 Å². The number of anilines is 1. The van der Waals surface area contributed by atoms with Crippen LogP contribution in [-0.2, 0) is 0 Å². The van der Waals surface area contributed by atoms with Gasteiger partial charge in [0, 0.05) is 6.20 Å². The Labute approximate surface area is 114 Å². The molecule has 5 heteroatoms. The Bertz CT molecular complexity index is 823. The maximum atomic E-state index is 13.6. The summed E-state index contributed by atoms with van der Waals surface area (Å²) in [5.41, 5.74) is 8.71. The van der Waals surface area contributed by atoms with Crippen molar-refractivity contribution in [1.82, 2.24) is 9.38 Å². The van der Waals surface area contributed by atoms with Crippen LogP contribution < -0.4 is 5.73 Å². The number of pyridine rings is 1. The van der Waals surface area contributed by atoms with Gasteiger partial charge in [-0.25, -0.2) is 9.37 Å². The van der Waals surface area contributed by atoms with Gasteiger partial charge in [0.15, 0.2) is 12.1 Å². The van der Waals surface area contributed by atoms with Gasteiger partial charge in [0.05, 0.1) is 0 Å². The van der Waals surface area contributed by atoms with Crippen LogP contribution in [0.4, 0.5) is 10.2 Å². The molecule has 0 radical (unpaired) electrons. The van der Waals surface area contributed by atoms with Gasteiger partial charge in [-0.05, 0) is 41.8 Å². The normalized spacial score (nSPS) is 10.9. The summed E-state index contributed by atoms with van der Waals surface area (Å²) < 4.78 is 15.2. The van der Waals surface area contributed by atoms with Crippen molar-refractivity contribution in [2.24, 2.45) is 0 Å². The summed E-state index contributed by atoms with van der Waals surface area (Å²) >= 11 is 0. The molecule has 3 rings (SSSR count). The number of rotatable bonds is 2. The Morgan fingerprint density at radius 3 is 2.85 bits per heavy atom. The summed E-state index contributed by atoms with van der Waals surface area (Å²) in [6.07, 6.45) is 2.40. The third kappa shape index (κ3) is 1.75. The van der Waals surface area contributed by atoms with Crippen LogP contribution in [-0.4, -0.2) is 15.7 Å². The van der Waals surface area contributed by atoms with Crippen molar-refractivity contribution in [3.63, 3.8) is 0 Å². The van der Waals surface area contributed by atoms with Gasteiger partial charge in [-0.2, -0.15) is 0 Å². The molecule has 4 nitrogen and oxygen atoms in total. The second-order valence-corrected chi connectivity index (χ2v) is 4.56. The van der Waals surface area contributed by atoms with E-state index in [-0.39, 0.29) is 11.6 Å². The second kappa shape index (κ2) is 4.45. The van der Waals surface area contributed by atoms with Crippen LogP contribution >= 0.6 is 0 Å². The molecule has 1 aromatic carbocycles. The van der Waals surface area contributed by atoms with Crippen molar-refractivity contribution in [1.29, 1.82) is 0 Å². The molecule has 0 aliphatic carbocycles. The van der Waals surface area contributed by atoms with E-state index < -0.39 is 0 Å². The highest BCUT2D eigenvalue weighted by Gasteiger charge is 2.11. The van der Waals surface area contributed by atoms with Gasteiger partial charge in [-0.15, -0.1) is 0 Å². The topological polar surface area (TPSA) is 60.4 Å². The number of hydrogen-bond donors (Lipinski definition) is 1. The molecule has 0 saturated carbocycles. The Hall–Kier alpha value is -2.69. The first-order chi connectivity index (χ1) is 9.61. The molecule has 0 unspecified atom stereocenters. The number of hydrogen-bond acceptors (Lipinski definition) is 3. The van der Waals surface area contributed by atoms with Gasteiger partial charge in [0.25, 0.3) is 0 Å². The van der Waals surface area contributed by atoms with Gasteiger partial charge < -0.3 is 5.73 Å². The molecule has 0 bridgehead atoms. The van der Waals surface area contributed by atoms with Gasteiger partial charge in [0.2, 0.25) is 0 Å². The Morgan fingerprint density at radius 2 is 2.10 bits per heavy atom. The van der Waals surface area contributed by atoms with Crippen molar-refractivity contribution in [3.05, 3.63) is 53.6 Å². The smallest absolute Gasteiger partial charge is 0.170 e. The van der Waals surface area contributed by atoms with Crippen molar-refractivity contribution in [2.75, 3.05) is 5.73 Å². The second-order valence-electron chi connectivity index (χ2n) is 4.56. The fourth-order valence-corrected chi connectivity index (χ4v) is 2.28. The Morgan fingerprint density at radius 1 is 1.30 bits per heavy atom. The van der Waals surface area contributed by atoms with Crippen LogP contribution in [0.2, 0.25) is 0 Å². The molecule has 100 valence electrons. The molecule has 2 aromatic heterocycles. The number of benzene rings is 1. The standard InChI is InChI=1S/C15H12FN3O/c1-9-11(3-2-4-12(9)16)10-5-6-14-18-15(17)13(8-20)19(14)7-10/h2-8H,17H2,1H3. The monoisotopic (exact) mass is 269 g/mol. The van der Waals surface area contributed by atoms with Crippen molar-refractivity contribution in [2.45, 2.75) is 6.92 Å². The largest absolute Gasteiger partial charge is 0.382 e. The molecular weight excluding hydrogens is 257 g/mol. The van der Waals surface area contributed by atoms with Crippen molar-refractivity contribution in [3.8, 4) is 11.1 Å². The number of carbonyl (C=O) groups is 1. The number of fused-ring (bicyclic) bond motifs is 1. The number of nitrogens with zero attached hydrogens (tertiary/aromatic N) is 2. The zero-order chi connectivity index (χ0) is 14.3. The van der Waals surface area contributed by atoms with Crippen LogP contribution in [0.5, 0.6) is 0 Å². The van der Waals surface area contributed by atoms with Gasteiger partial charge in [0.1, 0.15) is 17.2 Å². The highest BCUT2D eigenvalue weighted by atomic mass is 19.1. The number of aromatic nitrogens is 2. The predicted octanol–water partition coefficient (Wildman–Crippen LogP) is 2.84. The van der Waals surface area contributed by atoms with Crippen LogP contribution in [0.3, 0.4) is 0 Å². The Balaban J connectivity index is 2.27. The van der Waals surface area contributed by atoms with E-state index in [2.05, 4.69) is 4.98 Å². The minimum Gasteiger partial charge on any atom is -0.382 e. The molecule has 0 fully saturated rings. The first kappa shape index (κ1) is 12.3. The minimum absolute atomic E-state index is 0.188. The average Bonchev–Trinajstić information content (AvgIpc) is 2.76. The lowest BCUT2D eigenvalue weighted by molar-refractivity contribution is 0.111. The lowest BCUT2D eigenvalue weighted by Crippen LogP contribution is -1.96. The molecule has 0 aliphatic rings. The summed E-state index contributed by atoms with van der Waals surface area (Å²) in [5, 5.41) is 0. The van der Waals surface area contributed by atoms with Crippen molar-refractivity contribution >= 4 is 17.8 Å². The van der Waals surface area contributed by atoms with Crippen LogP contribution in [0, 0.1) is 12.7 Å². The number of halogens is 1. The fourth-order valence-electron chi connectivity index (χ4n) is 2.28. The SMILES string of the molecule is Cc1c(F)cccc1-c1ccc2nc(N)c(C=O)n2c1. The lowest BCUT2D eigenvalue weighted by atomic mass is 10.0. The zero-order valence-corrected chi connectivity index (χ0v) is 10.8. The summed E-state index contributed by atoms with van der Waals surface area (Å²) in [6.45, 7) is 1.72. The van der Waals surface area contributed by atoms with E-state index in [1.807, 2.05) is 12.1 Å². The molecule has 0 aliphatic heterocycles. The summed E-state index contributed by atoms with van der Waals surface area (Å²) in [6, 6.07) is 8.50. The summed E-state index contributed by atoms with van der Waals surface area (Å²) in [5.74, 6) is -0.0727. The molecule has 0 amide bonds. The molecule has 0 atom stereocenters. The van der Waals surface area contributed by atoms with E-state index in [4.69, 9.17) is 5.73 Å². The van der Waals surface area contributed by atoms with Gasteiger partial charge in [-0.3, -0.25) is 9.20 Å². The highest BCUT2D eigenvalue weighted by molar-refractivity contribution is 5.82. The number of carbonyl (C=O) groups excluding carboxylic acids is 1. The summed E-state index contributed by atoms with van der Waals surface area (Å²) in [4.78, 5) is 15.2. The zero-order valence-electron chi connectivity index (χ0n) is 10.8. The number of aldehydes is 1. The maximum Gasteiger partial charge on any atom is 0.170 e. The molecule has 2 N–H and O–H groups in total.